The van der Waals surface area contributed by atoms with Crippen molar-refractivity contribution in [1.29, 1.82) is 0 Å². The van der Waals surface area contributed by atoms with E-state index in [0.717, 1.165) is 16.9 Å². The normalized spacial score (nSPS) is 10.2. The van der Waals surface area contributed by atoms with E-state index in [-0.39, 0.29) is 0 Å². The Morgan fingerprint density at radius 1 is 1.35 bits per heavy atom. The molecule has 0 spiro atoms. The molecule has 1 aromatic carbocycles. The van der Waals surface area contributed by atoms with Crippen LogP contribution in [0.15, 0.2) is 36.5 Å². The topological polar surface area (TPSA) is 55.9 Å². The molecule has 1 aromatic heterocycles. The van der Waals surface area contributed by atoms with E-state index in [1.165, 1.54) is 0 Å². The van der Waals surface area contributed by atoms with Crippen molar-refractivity contribution in [3.8, 4) is 0 Å². The molecule has 0 atom stereocenters. The van der Waals surface area contributed by atoms with Gasteiger partial charge in [-0.3, -0.25) is 4.68 Å². The molecule has 2 aromatic rings. The first-order chi connectivity index (χ1) is 8.15. The number of aryl methyl sites for hydroxylation is 1. The van der Waals surface area contributed by atoms with E-state index in [2.05, 4.69) is 10.4 Å². The van der Waals surface area contributed by atoms with Gasteiger partial charge in [-0.25, -0.2) is 0 Å². The SMILES string of the molecule is Cn1ccc(CNc2ccc(C(N)=S)cc2)n1. The molecule has 0 fully saturated rings. The third kappa shape index (κ3) is 3.04. The molecular weight excluding hydrogens is 232 g/mol. The zero-order valence-electron chi connectivity index (χ0n) is 9.55. The van der Waals surface area contributed by atoms with Crippen LogP contribution in [0.2, 0.25) is 0 Å². The summed E-state index contributed by atoms with van der Waals surface area (Å²) in [6.07, 6.45) is 1.92. The highest BCUT2D eigenvalue weighted by Gasteiger charge is 1.98. The Balaban J connectivity index is 1.97. The lowest BCUT2D eigenvalue weighted by Gasteiger charge is -2.05. The molecule has 1 heterocycles. The molecule has 0 unspecified atom stereocenters. The standard InChI is InChI=1S/C12H14N4S/c1-16-7-6-11(15-16)8-14-10-4-2-9(3-5-10)12(13)17/h2-7,14H,8H2,1H3,(H2,13,17). The maximum atomic E-state index is 5.53. The Morgan fingerprint density at radius 3 is 2.59 bits per heavy atom. The van der Waals surface area contributed by atoms with Crippen LogP contribution in [0.3, 0.4) is 0 Å². The molecule has 5 heteroatoms. The van der Waals surface area contributed by atoms with Gasteiger partial charge >= 0.3 is 0 Å². The molecule has 0 aliphatic carbocycles. The molecule has 17 heavy (non-hydrogen) atoms. The molecule has 88 valence electrons. The van der Waals surface area contributed by atoms with Gasteiger partial charge in [0.05, 0.1) is 12.2 Å². The Labute approximate surface area is 105 Å². The van der Waals surface area contributed by atoms with E-state index >= 15 is 0 Å². The zero-order valence-corrected chi connectivity index (χ0v) is 10.4. The Morgan fingerprint density at radius 2 is 2.06 bits per heavy atom. The molecule has 0 amide bonds. The first kappa shape index (κ1) is 11.6. The van der Waals surface area contributed by atoms with Crippen molar-refractivity contribution in [1.82, 2.24) is 9.78 Å². The minimum Gasteiger partial charge on any atom is -0.389 e. The third-order valence-corrected chi connectivity index (χ3v) is 2.65. The van der Waals surface area contributed by atoms with Gasteiger partial charge in [-0.15, -0.1) is 0 Å². The van der Waals surface area contributed by atoms with E-state index in [9.17, 15) is 0 Å². The molecule has 0 saturated carbocycles. The summed E-state index contributed by atoms with van der Waals surface area (Å²) >= 11 is 4.89. The highest BCUT2D eigenvalue weighted by molar-refractivity contribution is 7.80. The molecule has 0 radical (unpaired) electrons. The number of thiocarbonyl (C=S) groups is 1. The van der Waals surface area contributed by atoms with Crippen LogP contribution in [0, 0.1) is 0 Å². The maximum absolute atomic E-state index is 5.53. The van der Waals surface area contributed by atoms with Gasteiger partial charge in [0.15, 0.2) is 0 Å². The fraction of sp³-hybridized carbons (Fsp3) is 0.167. The summed E-state index contributed by atoms with van der Waals surface area (Å²) in [6.45, 7) is 0.702. The average molecular weight is 246 g/mol. The Hall–Kier alpha value is -1.88. The molecule has 3 N–H and O–H groups in total. The summed E-state index contributed by atoms with van der Waals surface area (Å²) < 4.78 is 1.78. The van der Waals surface area contributed by atoms with Crippen LogP contribution < -0.4 is 11.1 Å². The number of nitrogens with zero attached hydrogens (tertiary/aromatic N) is 2. The molecule has 0 aliphatic heterocycles. The number of hydrogen-bond donors (Lipinski definition) is 2. The summed E-state index contributed by atoms with van der Waals surface area (Å²) in [5.41, 5.74) is 8.44. The third-order valence-electron chi connectivity index (χ3n) is 2.41. The smallest absolute Gasteiger partial charge is 0.103 e. The number of aromatic nitrogens is 2. The molecule has 0 bridgehead atoms. The first-order valence-corrected chi connectivity index (χ1v) is 5.68. The lowest BCUT2D eigenvalue weighted by Crippen LogP contribution is -2.09. The van der Waals surface area contributed by atoms with Gasteiger partial charge in [0, 0.05) is 24.5 Å². The van der Waals surface area contributed by atoms with Gasteiger partial charge < -0.3 is 11.1 Å². The number of nitrogens with two attached hydrogens (primary N) is 1. The highest BCUT2D eigenvalue weighted by Crippen LogP contribution is 2.10. The van der Waals surface area contributed by atoms with Crippen molar-refractivity contribution in [3.63, 3.8) is 0 Å². The zero-order chi connectivity index (χ0) is 12.3. The fourth-order valence-electron chi connectivity index (χ4n) is 1.50. The van der Waals surface area contributed by atoms with Gasteiger partial charge in [0.2, 0.25) is 0 Å². The van der Waals surface area contributed by atoms with E-state index in [1.807, 2.05) is 43.6 Å². The summed E-state index contributed by atoms with van der Waals surface area (Å²) in [5.74, 6) is 0. The number of hydrogen-bond acceptors (Lipinski definition) is 3. The minimum absolute atomic E-state index is 0.418. The number of anilines is 1. The van der Waals surface area contributed by atoms with Crippen molar-refractivity contribution < 1.29 is 0 Å². The second-order valence-electron chi connectivity index (χ2n) is 3.78. The number of nitrogens with one attached hydrogen (secondary N) is 1. The van der Waals surface area contributed by atoms with Crippen LogP contribution >= 0.6 is 12.2 Å². The van der Waals surface area contributed by atoms with Gasteiger partial charge in [-0.05, 0) is 30.3 Å². The van der Waals surface area contributed by atoms with Crippen molar-refractivity contribution in [2.75, 3.05) is 5.32 Å². The average Bonchev–Trinajstić information content (AvgIpc) is 2.73. The van der Waals surface area contributed by atoms with Crippen LogP contribution in [0.25, 0.3) is 0 Å². The van der Waals surface area contributed by atoms with Gasteiger partial charge in [-0.2, -0.15) is 5.10 Å². The first-order valence-electron chi connectivity index (χ1n) is 5.27. The predicted molar refractivity (Wildman–Crippen MR) is 72.9 cm³/mol. The van der Waals surface area contributed by atoms with Crippen LogP contribution in [-0.2, 0) is 13.6 Å². The van der Waals surface area contributed by atoms with E-state index < -0.39 is 0 Å². The van der Waals surface area contributed by atoms with Crippen LogP contribution in [-0.4, -0.2) is 14.8 Å². The minimum atomic E-state index is 0.418. The van der Waals surface area contributed by atoms with Gasteiger partial charge in [0.1, 0.15) is 4.99 Å². The molecule has 0 aliphatic rings. The second kappa shape index (κ2) is 4.97. The number of rotatable bonds is 4. The predicted octanol–water partition coefficient (Wildman–Crippen LogP) is 1.67. The van der Waals surface area contributed by atoms with Crippen LogP contribution in [0.5, 0.6) is 0 Å². The van der Waals surface area contributed by atoms with E-state index in [4.69, 9.17) is 18.0 Å². The summed E-state index contributed by atoms with van der Waals surface area (Å²) in [4.78, 5) is 0.418. The second-order valence-corrected chi connectivity index (χ2v) is 4.22. The van der Waals surface area contributed by atoms with Crippen molar-refractivity contribution in [3.05, 3.63) is 47.8 Å². The van der Waals surface area contributed by atoms with E-state index in [1.54, 1.807) is 4.68 Å². The molecule has 2 rings (SSSR count). The lowest BCUT2D eigenvalue weighted by atomic mass is 10.2. The lowest BCUT2D eigenvalue weighted by molar-refractivity contribution is 0.747. The summed E-state index contributed by atoms with van der Waals surface area (Å²) in [7, 11) is 1.90. The van der Waals surface area contributed by atoms with Gasteiger partial charge in [0.25, 0.3) is 0 Å². The summed E-state index contributed by atoms with van der Waals surface area (Å²) in [6, 6.07) is 9.71. The Kier molecular flexibility index (Phi) is 3.39. The van der Waals surface area contributed by atoms with Gasteiger partial charge in [-0.1, -0.05) is 12.2 Å². The number of benzene rings is 1. The van der Waals surface area contributed by atoms with Crippen molar-refractivity contribution in [2.24, 2.45) is 12.8 Å². The quantitative estimate of drug-likeness (QED) is 0.806. The molecular formula is C12H14N4S. The van der Waals surface area contributed by atoms with Crippen molar-refractivity contribution in [2.45, 2.75) is 6.54 Å². The van der Waals surface area contributed by atoms with Crippen LogP contribution in [0.1, 0.15) is 11.3 Å². The fourth-order valence-corrected chi connectivity index (χ4v) is 1.64. The monoisotopic (exact) mass is 246 g/mol. The largest absolute Gasteiger partial charge is 0.389 e. The molecule has 4 nitrogen and oxygen atoms in total. The summed E-state index contributed by atoms with van der Waals surface area (Å²) in [5, 5.41) is 7.57. The van der Waals surface area contributed by atoms with Crippen molar-refractivity contribution >= 4 is 22.9 Å². The highest BCUT2D eigenvalue weighted by atomic mass is 32.1. The molecule has 0 saturated heterocycles. The van der Waals surface area contributed by atoms with E-state index in [0.29, 0.717) is 11.5 Å². The maximum Gasteiger partial charge on any atom is 0.103 e. The Bertz CT molecular complexity index is 516. The van der Waals surface area contributed by atoms with Crippen LogP contribution in [0.4, 0.5) is 5.69 Å².